The van der Waals surface area contributed by atoms with E-state index in [9.17, 15) is 4.57 Å². The minimum absolute atomic E-state index is 0.0976. The van der Waals surface area contributed by atoms with Crippen LogP contribution in [0.5, 0.6) is 0 Å². The second kappa shape index (κ2) is 6.36. The predicted octanol–water partition coefficient (Wildman–Crippen LogP) is 2.57. The van der Waals surface area contributed by atoms with E-state index in [2.05, 4.69) is 35.7 Å². The van der Waals surface area contributed by atoms with E-state index in [1.165, 1.54) is 10.8 Å². The summed E-state index contributed by atoms with van der Waals surface area (Å²) in [6.45, 7) is 6.07. The van der Waals surface area contributed by atoms with Crippen LogP contribution in [0.25, 0.3) is 0 Å². The first-order valence-corrected chi connectivity index (χ1v) is 8.12. The van der Waals surface area contributed by atoms with Gasteiger partial charge < -0.3 is 0 Å². The molecule has 0 aromatic rings. The summed E-state index contributed by atoms with van der Waals surface area (Å²) in [6.07, 6.45) is 0.669. The van der Waals surface area contributed by atoms with Crippen LogP contribution in [0.2, 0.25) is 0 Å². The third-order valence-electron chi connectivity index (χ3n) is 1.53. The van der Waals surface area contributed by atoms with Crippen molar-refractivity contribution in [1.82, 2.24) is 10.2 Å². The molecular formula is C7H19N2OPS2. The Balaban J connectivity index is 4.20. The average Bonchev–Trinajstić information content (AvgIpc) is 2.02. The average molecular weight is 242 g/mol. The topological polar surface area (TPSA) is 41.1 Å². The van der Waals surface area contributed by atoms with Gasteiger partial charge in [0.25, 0.3) is 0 Å². The maximum Gasteiger partial charge on any atom is 0.212 e. The van der Waals surface area contributed by atoms with Crippen LogP contribution in [0.1, 0.15) is 20.8 Å². The fraction of sp³-hybridized carbons (Fsp3) is 1.00. The van der Waals surface area contributed by atoms with Crippen LogP contribution in [0, 0.1) is 5.92 Å². The van der Waals surface area contributed by atoms with Crippen molar-refractivity contribution in [2.45, 2.75) is 26.1 Å². The Morgan fingerprint density at radius 1 is 1.46 bits per heavy atom. The molecule has 3 nitrogen and oxygen atoms in total. The molecule has 0 aliphatic rings. The molecule has 0 fully saturated rings. The van der Waals surface area contributed by atoms with Gasteiger partial charge in [0.2, 0.25) is 7.44 Å². The zero-order chi connectivity index (χ0) is 10.5. The Kier molecular flexibility index (Phi) is 6.77. The van der Waals surface area contributed by atoms with Gasteiger partial charge in [-0.1, -0.05) is 24.6 Å². The van der Waals surface area contributed by atoms with E-state index in [0.29, 0.717) is 12.1 Å². The second-order valence-corrected chi connectivity index (χ2v) is 7.52. The number of thiol groups is 1. The van der Waals surface area contributed by atoms with E-state index >= 15 is 0 Å². The zero-order valence-corrected chi connectivity index (χ0v) is 11.2. The molecule has 0 heterocycles. The van der Waals surface area contributed by atoms with Gasteiger partial charge in [-0.3, -0.25) is 9.65 Å². The summed E-state index contributed by atoms with van der Waals surface area (Å²) in [4.78, 5) is 0. The lowest BCUT2D eigenvalue weighted by Gasteiger charge is -2.23. The summed E-state index contributed by atoms with van der Waals surface area (Å²) < 4.78 is 12.1. The van der Waals surface area contributed by atoms with E-state index < -0.39 is 7.44 Å². The normalized spacial score (nSPS) is 18.6. The SMILES string of the molecule is CNP(=O)(CC(C)C)N[C@H](C)SS. The quantitative estimate of drug-likeness (QED) is 0.290. The molecule has 6 heteroatoms. The Hall–Kier alpha value is 0.850. The maximum absolute atomic E-state index is 12.1. The van der Waals surface area contributed by atoms with Gasteiger partial charge in [0.15, 0.2) is 0 Å². The molecule has 0 saturated heterocycles. The third-order valence-corrected chi connectivity index (χ3v) is 5.86. The molecule has 2 atom stereocenters. The molecular weight excluding hydrogens is 223 g/mol. The van der Waals surface area contributed by atoms with Crippen LogP contribution in [0.4, 0.5) is 0 Å². The van der Waals surface area contributed by atoms with Gasteiger partial charge in [-0.05, 0) is 19.9 Å². The molecule has 0 radical (unpaired) electrons. The van der Waals surface area contributed by atoms with Crippen molar-refractivity contribution < 1.29 is 4.57 Å². The van der Waals surface area contributed by atoms with Crippen molar-refractivity contribution in [2.75, 3.05) is 13.2 Å². The Morgan fingerprint density at radius 3 is 2.31 bits per heavy atom. The zero-order valence-electron chi connectivity index (χ0n) is 8.57. The van der Waals surface area contributed by atoms with E-state index in [-0.39, 0.29) is 5.37 Å². The lowest BCUT2D eigenvalue weighted by atomic mass is 10.3. The lowest BCUT2D eigenvalue weighted by molar-refractivity contribution is 0.546. The molecule has 0 bridgehead atoms. The van der Waals surface area contributed by atoms with Gasteiger partial charge in [0.05, 0.1) is 5.37 Å². The molecule has 0 aromatic heterocycles. The van der Waals surface area contributed by atoms with Crippen molar-refractivity contribution in [1.29, 1.82) is 0 Å². The molecule has 0 saturated carbocycles. The minimum atomic E-state index is -2.40. The van der Waals surface area contributed by atoms with E-state index in [1.807, 2.05) is 6.92 Å². The largest absolute Gasteiger partial charge is 0.289 e. The van der Waals surface area contributed by atoms with Crippen LogP contribution in [-0.4, -0.2) is 18.6 Å². The maximum atomic E-state index is 12.1. The molecule has 0 aromatic carbocycles. The molecule has 0 aliphatic heterocycles. The van der Waals surface area contributed by atoms with Crippen molar-refractivity contribution in [3.63, 3.8) is 0 Å². The first-order chi connectivity index (χ1) is 5.93. The monoisotopic (exact) mass is 242 g/mol. The lowest BCUT2D eigenvalue weighted by Crippen LogP contribution is -2.28. The Labute approximate surface area is 90.1 Å². The molecule has 0 amide bonds. The standard InChI is InChI=1S/C7H19N2OPS2/c1-6(2)5-11(10,8-4)9-7(3)13-12/h6-7,12H,5H2,1-4H3,(H2,8,9,10)/t7-,11?/m0/s1. The Bertz CT molecular complexity index is 189. The van der Waals surface area contributed by atoms with Crippen LogP contribution in [-0.2, 0) is 4.57 Å². The van der Waals surface area contributed by atoms with Gasteiger partial charge in [0.1, 0.15) is 0 Å². The molecule has 0 spiro atoms. The highest BCUT2D eigenvalue weighted by Crippen LogP contribution is 2.39. The van der Waals surface area contributed by atoms with E-state index in [1.54, 1.807) is 7.05 Å². The van der Waals surface area contributed by atoms with Gasteiger partial charge >= 0.3 is 0 Å². The van der Waals surface area contributed by atoms with E-state index in [0.717, 1.165) is 0 Å². The van der Waals surface area contributed by atoms with Gasteiger partial charge in [-0.15, -0.1) is 11.7 Å². The highest BCUT2D eigenvalue weighted by molar-refractivity contribution is 8.68. The molecule has 0 rings (SSSR count). The fourth-order valence-corrected chi connectivity index (χ4v) is 4.20. The van der Waals surface area contributed by atoms with Crippen LogP contribution in [0.3, 0.4) is 0 Å². The minimum Gasteiger partial charge on any atom is -0.289 e. The van der Waals surface area contributed by atoms with Crippen LogP contribution in [0.15, 0.2) is 0 Å². The fourth-order valence-electron chi connectivity index (χ4n) is 1.04. The summed E-state index contributed by atoms with van der Waals surface area (Å²) in [7, 11) is 0.695. The Morgan fingerprint density at radius 2 is 2.00 bits per heavy atom. The number of hydrogen-bond acceptors (Lipinski definition) is 3. The summed E-state index contributed by atoms with van der Waals surface area (Å²) in [5.41, 5.74) is 0. The first kappa shape index (κ1) is 13.8. The molecule has 80 valence electrons. The highest BCUT2D eigenvalue weighted by atomic mass is 33.1. The number of nitrogens with one attached hydrogen (secondary N) is 2. The van der Waals surface area contributed by atoms with Crippen molar-refractivity contribution in [3.05, 3.63) is 0 Å². The van der Waals surface area contributed by atoms with E-state index in [4.69, 9.17) is 0 Å². The highest BCUT2D eigenvalue weighted by Gasteiger charge is 2.22. The molecule has 13 heavy (non-hydrogen) atoms. The summed E-state index contributed by atoms with van der Waals surface area (Å²) in [5, 5.41) is 6.02. The summed E-state index contributed by atoms with van der Waals surface area (Å²) >= 11 is 4.06. The number of rotatable bonds is 6. The number of hydrogen-bond donors (Lipinski definition) is 3. The van der Waals surface area contributed by atoms with Gasteiger partial charge in [-0.25, -0.2) is 5.09 Å². The van der Waals surface area contributed by atoms with Crippen LogP contribution < -0.4 is 10.2 Å². The van der Waals surface area contributed by atoms with Crippen molar-refractivity contribution >= 4 is 29.9 Å². The molecule has 1 unspecified atom stereocenters. The van der Waals surface area contributed by atoms with Crippen molar-refractivity contribution in [2.24, 2.45) is 5.92 Å². The third kappa shape index (κ3) is 6.02. The smallest absolute Gasteiger partial charge is 0.212 e. The molecule has 0 aliphatic carbocycles. The summed E-state index contributed by atoms with van der Waals surface area (Å²) in [5.74, 6) is 0.419. The van der Waals surface area contributed by atoms with Crippen LogP contribution >= 0.6 is 29.9 Å². The van der Waals surface area contributed by atoms with Gasteiger partial charge in [-0.2, -0.15) is 0 Å². The van der Waals surface area contributed by atoms with Crippen molar-refractivity contribution in [3.8, 4) is 0 Å². The first-order valence-electron chi connectivity index (χ1n) is 4.29. The summed E-state index contributed by atoms with van der Waals surface area (Å²) in [6, 6.07) is 0. The molecule has 2 N–H and O–H groups in total. The second-order valence-electron chi connectivity index (χ2n) is 3.42. The van der Waals surface area contributed by atoms with Gasteiger partial charge in [0, 0.05) is 6.16 Å². The predicted molar refractivity (Wildman–Crippen MR) is 65.5 cm³/mol.